The summed E-state index contributed by atoms with van der Waals surface area (Å²) in [6, 6.07) is 15.3. The summed E-state index contributed by atoms with van der Waals surface area (Å²) in [7, 11) is -3.96. The standard InChI is InChI=1S/C21H23N5O4S/c1-16-21(17(2)25(22-16)18-8-4-3-5-9-18)23-12-14-24(15-13-23)31(29,30)20-11-7-6-10-19(20)26(27)28/h3-11H,12-15H2,1-2H3. The van der Waals surface area contributed by atoms with Crippen LogP contribution in [0.2, 0.25) is 0 Å². The number of nitro groups is 1. The van der Waals surface area contributed by atoms with Gasteiger partial charge >= 0.3 is 0 Å². The SMILES string of the molecule is Cc1nn(-c2ccccc2)c(C)c1N1CCN(S(=O)(=O)c2ccccc2[N+](=O)[O-])CC1. The molecule has 1 saturated heterocycles. The van der Waals surface area contributed by atoms with Crippen molar-refractivity contribution in [3.05, 3.63) is 76.1 Å². The molecule has 1 fully saturated rings. The number of anilines is 1. The lowest BCUT2D eigenvalue weighted by atomic mass is 10.2. The molecule has 0 unspecified atom stereocenters. The van der Waals surface area contributed by atoms with Gasteiger partial charge in [0.15, 0.2) is 4.90 Å². The first-order chi connectivity index (χ1) is 14.8. The van der Waals surface area contributed by atoms with Crippen LogP contribution in [0.1, 0.15) is 11.4 Å². The number of hydrogen-bond donors (Lipinski definition) is 0. The Morgan fingerprint density at radius 3 is 2.19 bits per heavy atom. The lowest BCUT2D eigenvalue weighted by Crippen LogP contribution is -2.49. The molecular weight excluding hydrogens is 418 g/mol. The molecule has 2 heterocycles. The molecular formula is C21H23N5O4S. The monoisotopic (exact) mass is 441 g/mol. The molecule has 1 aliphatic heterocycles. The first-order valence-corrected chi connectivity index (χ1v) is 11.3. The molecule has 2 aromatic carbocycles. The van der Waals surface area contributed by atoms with Gasteiger partial charge in [0, 0.05) is 32.2 Å². The fraction of sp³-hybridized carbons (Fsp3) is 0.286. The van der Waals surface area contributed by atoms with Crippen LogP contribution in [0, 0.1) is 24.0 Å². The Balaban J connectivity index is 1.56. The van der Waals surface area contributed by atoms with E-state index < -0.39 is 20.6 Å². The molecule has 10 heteroatoms. The zero-order valence-corrected chi connectivity index (χ0v) is 18.1. The van der Waals surface area contributed by atoms with E-state index in [1.165, 1.54) is 28.6 Å². The molecule has 1 aliphatic rings. The number of aryl methyl sites for hydroxylation is 1. The summed E-state index contributed by atoms with van der Waals surface area (Å²) in [5.41, 5.74) is 3.41. The number of nitro benzene ring substituents is 1. The number of benzene rings is 2. The van der Waals surface area contributed by atoms with Gasteiger partial charge in [0.1, 0.15) is 0 Å². The van der Waals surface area contributed by atoms with Crippen LogP contribution in [-0.2, 0) is 10.0 Å². The fourth-order valence-electron chi connectivity index (χ4n) is 4.03. The third-order valence-electron chi connectivity index (χ3n) is 5.49. The molecule has 0 spiro atoms. The number of rotatable bonds is 5. The van der Waals surface area contributed by atoms with Gasteiger partial charge in [0.05, 0.1) is 27.7 Å². The molecule has 0 saturated carbocycles. The van der Waals surface area contributed by atoms with Crippen molar-refractivity contribution in [1.29, 1.82) is 0 Å². The number of aromatic nitrogens is 2. The first-order valence-electron chi connectivity index (χ1n) is 9.91. The highest BCUT2D eigenvalue weighted by molar-refractivity contribution is 7.89. The van der Waals surface area contributed by atoms with Crippen LogP contribution in [0.25, 0.3) is 5.69 Å². The molecule has 4 rings (SSSR count). The summed E-state index contributed by atoms with van der Waals surface area (Å²) in [6.07, 6.45) is 0. The summed E-state index contributed by atoms with van der Waals surface area (Å²) in [5, 5.41) is 16.0. The largest absolute Gasteiger partial charge is 0.366 e. The van der Waals surface area contributed by atoms with E-state index in [1.807, 2.05) is 48.9 Å². The van der Waals surface area contributed by atoms with Gasteiger partial charge in [-0.1, -0.05) is 30.3 Å². The highest BCUT2D eigenvalue weighted by Gasteiger charge is 2.34. The number of piperazine rings is 1. The zero-order valence-electron chi connectivity index (χ0n) is 17.3. The van der Waals surface area contributed by atoms with Crippen LogP contribution < -0.4 is 4.90 Å². The highest BCUT2D eigenvalue weighted by atomic mass is 32.2. The predicted octanol–water partition coefficient (Wildman–Crippen LogP) is 2.91. The van der Waals surface area contributed by atoms with Crippen molar-refractivity contribution in [2.45, 2.75) is 18.7 Å². The first kappa shape index (κ1) is 21.0. The Morgan fingerprint density at radius 2 is 1.55 bits per heavy atom. The van der Waals surface area contributed by atoms with Crippen LogP contribution in [-0.4, -0.2) is 53.6 Å². The Kier molecular flexibility index (Phi) is 5.50. The second-order valence-electron chi connectivity index (χ2n) is 7.38. The highest BCUT2D eigenvalue weighted by Crippen LogP contribution is 2.30. The number of nitrogens with zero attached hydrogens (tertiary/aromatic N) is 5. The van der Waals surface area contributed by atoms with Gasteiger partial charge in [-0.15, -0.1) is 0 Å². The lowest BCUT2D eigenvalue weighted by Gasteiger charge is -2.35. The molecule has 0 amide bonds. The lowest BCUT2D eigenvalue weighted by molar-refractivity contribution is -0.387. The van der Waals surface area contributed by atoms with E-state index in [-0.39, 0.29) is 18.0 Å². The van der Waals surface area contributed by atoms with Crippen LogP contribution in [0.15, 0.2) is 59.5 Å². The average molecular weight is 442 g/mol. The molecule has 31 heavy (non-hydrogen) atoms. The van der Waals surface area contributed by atoms with Crippen molar-refractivity contribution in [3.8, 4) is 5.69 Å². The maximum absolute atomic E-state index is 13.1. The number of hydrogen-bond acceptors (Lipinski definition) is 6. The number of para-hydroxylation sites is 2. The Labute approximate surface area is 180 Å². The average Bonchev–Trinajstić information content (AvgIpc) is 3.08. The van der Waals surface area contributed by atoms with E-state index in [2.05, 4.69) is 10.00 Å². The van der Waals surface area contributed by atoms with Crippen LogP contribution in [0.5, 0.6) is 0 Å². The number of sulfonamides is 1. The van der Waals surface area contributed by atoms with Gasteiger partial charge in [-0.05, 0) is 32.0 Å². The van der Waals surface area contributed by atoms with Gasteiger partial charge in [-0.25, -0.2) is 13.1 Å². The third-order valence-corrected chi connectivity index (χ3v) is 7.43. The topological polar surface area (TPSA) is 102 Å². The van der Waals surface area contributed by atoms with E-state index >= 15 is 0 Å². The molecule has 0 bridgehead atoms. The molecule has 0 atom stereocenters. The molecule has 3 aromatic rings. The molecule has 0 aliphatic carbocycles. The quantitative estimate of drug-likeness (QED) is 0.446. The van der Waals surface area contributed by atoms with E-state index in [9.17, 15) is 18.5 Å². The molecule has 1 aromatic heterocycles. The van der Waals surface area contributed by atoms with Crippen molar-refractivity contribution < 1.29 is 13.3 Å². The molecule has 162 valence electrons. The Hall–Kier alpha value is -3.24. The van der Waals surface area contributed by atoms with E-state index in [1.54, 1.807) is 0 Å². The summed E-state index contributed by atoms with van der Waals surface area (Å²) in [4.78, 5) is 12.5. The Morgan fingerprint density at radius 1 is 0.935 bits per heavy atom. The van der Waals surface area contributed by atoms with Crippen molar-refractivity contribution in [3.63, 3.8) is 0 Å². The van der Waals surface area contributed by atoms with E-state index in [0.29, 0.717) is 13.1 Å². The molecule has 9 nitrogen and oxygen atoms in total. The smallest absolute Gasteiger partial charge is 0.289 e. The van der Waals surface area contributed by atoms with Gasteiger partial charge in [-0.3, -0.25) is 10.1 Å². The molecule has 0 N–H and O–H groups in total. The summed E-state index contributed by atoms with van der Waals surface area (Å²) in [6.45, 7) is 5.37. The van der Waals surface area contributed by atoms with Crippen molar-refractivity contribution in [1.82, 2.24) is 14.1 Å². The van der Waals surface area contributed by atoms with Crippen LogP contribution in [0.3, 0.4) is 0 Å². The summed E-state index contributed by atoms with van der Waals surface area (Å²) < 4.78 is 29.3. The molecule has 0 radical (unpaired) electrons. The van der Waals surface area contributed by atoms with Crippen LogP contribution >= 0.6 is 0 Å². The second kappa shape index (κ2) is 8.12. The fourth-order valence-corrected chi connectivity index (χ4v) is 5.61. The maximum atomic E-state index is 13.1. The maximum Gasteiger partial charge on any atom is 0.289 e. The van der Waals surface area contributed by atoms with Gasteiger partial charge in [-0.2, -0.15) is 9.40 Å². The van der Waals surface area contributed by atoms with Gasteiger partial charge < -0.3 is 4.90 Å². The van der Waals surface area contributed by atoms with Gasteiger partial charge in [0.2, 0.25) is 10.0 Å². The minimum Gasteiger partial charge on any atom is -0.366 e. The summed E-state index contributed by atoms with van der Waals surface area (Å²) in [5.74, 6) is 0. The van der Waals surface area contributed by atoms with E-state index in [4.69, 9.17) is 0 Å². The normalized spacial score (nSPS) is 15.2. The zero-order chi connectivity index (χ0) is 22.2. The van der Waals surface area contributed by atoms with Crippen molar-refractivity contribution in [2.75, 3.05) is 31.1 Å². The minimum atomic E-state index is -3.96. The van der Waals surface area contributed by atoms with Crippen LogP contribution in [0.4, 0.5) is 11.4 Å². The van der Waals surface area contributed by atoms with Crippen molar-refractivity contribution in [2.24, 2.45) is 0 Å². The van der Waals surface area contributed by atoms with E-state index in [0.717, 1.165) is 22.8 Å². The minimum absolute atomic E-state index is 0.240. The summed E-state index contributed by atoms with van der Waals surface area (Å²) >= 11 is 0. The van der Waals surface area contributed by atoms with Crippen molar-refractivity contribution >= 4 is 21.4 Å². The Bertz CT molecular complexity index is 1220. The third kappa shape index (κ3) is 3.79. The second-order valence-corrected chi connectivity index (χ2v) is 9.29. The predicted molar refractivity (Wildman–Crippen MR) is 117 cm³/mol. The van der Waals surface area contributed by atoms with Gasteiger partial charge in [0.25, 0.3) is 5.69 Å².